The van der Waals surface area contributed by atoms with E-state index in [9.17, 15) is 8.42 Å². The van der Waals surface area contributed by atoms with Gasteiger partial charge in [-0.1, -0.05) is 114 Å². The summed E-state index contributed by atoms with van der Waals surface area (Å²) in [4.78, 5) is 0. The molecule has 0 aliphatic heterocycles. The zero-order chi connectivity index (χ0) is 20.1. The summed E-state index contributed by atoms with van der Waals surface area (Å²) in [5.41, 5.74) is 0. The number of unbranched alkanes of at least 4 members (excludes halogenated alkanes) is 11. The summed E-state index contributed by atoms with van der Waals surface area (Å²) in [6, 6.07) is 13.2. The molecule has 2 aromatic carbocycles. The van der Waals surface area contributed by atoms with Crippen molar-refractivity contribution < 1.29 is 54.3 Å². The van der Waals surface area contributed by atoms with Crippen LogP contribution in [0.25, 0.3) is 10.8 Å². The van der Waals surface area contributed by atoms with Gasteiger partial charge in [0, 0.05) is 47.1 Å². The van der Waals surface area contributed by atoms with Gasteiger partial charge >= 0.3 is 10.1 Å². The average Bonchev–Trinajstić information content (AvgIpc) is 2.69. The summed E-state index contributed by atoms with van der Waals surface area (Å²) in [5, 5.41) is 1.82. The molecule has 0 unspecified atom stereocenters. The molecule has 29 heavy (non-hydrogen) atoms. The van der Waals surface area contributed by atoms with Crippen molar-refractivity contribution in [3.05, 3.63) is 42.5 Å². The predicted octanol–water partition coefficient (Wildman–Crippen LogP) is 7.25. The quantitative estimate of drug-likeness (QED) is 0.175. The Labute approximate surface area is 211 Å². The van der Waals surface area contributed by atoms with E-state index < -0.39 is 10.1 Å². The fraction of sp³-hybridized carbons (Fsp3) is 0.583. The van der Waals surface area contributed by atoms with Crippen molar-refractivity contribution in [3.8, 4) is 5.75 Å². The first-order valence-corrected chi connectivity index (χ1v) is 12.6. The van der Waals surface area contributed by atoms with Gasteiger partial charge in [-0.15, -0.1) is 0 Å². The Morgan fingerprint density at radius 1 is 0.690 bits per heavy atom. The number of hydrogen-bond donors (Lipinski definition) is 0. The van der Waals surface area contributed by atoms with Crippen LogP contribution in [0.2, 0.25) is 0 Å². The largest absolute Gasteiger partial charge is 0.382 e. The topological polar surface area (TPSA) is 43.4 Å². The van der Waals surface area contributed by atoms with Gasteiger partial charge in [-0.05, 0) is 17.9 Å². The number of rotatable bonds is 15. The molecule has 2 aromatic rings. The van der Waals surface area contributed by atoms with Crippen molar-refractivity contribution in [1.82, 2.24) is 0 Å². The number of fused-ring (bicyclic) bond motifs is 1. The predicted molar refractivity (Wildman–Crippen MR) is 119 cm³/mol. The van der Waals surface area contributed by atoms with Crippen LogP contribution in [0, 0.1) is 41.7 Å². The molecule has 0 atom stereocenters. The summed E-state index contributed by atoms with van der Waals surface area (Å²) >= 11 is 0. The molecule has 0 fully saturated rings. The first-order chi connectivity index (χ1) is 13.6. The Hall–Kier alpha value is -0.173. The van der Waals surface area contributed by atoms with Crippen LogP contribution in [0.5, 0.6) is 5.75 Å². The Balaban J connectivity index is 0.00000420. The van der Waals surface area contributed by atoms with E-state index in [1.165, 1.54) is 57.8 Å². The molecule has 0 aromatic heterocycles. The van der Waals surface area contributed by atoms with Crippen LogP contribution in [0.1, 0.15) is 84.0 Å². The van der Waals surface area contributed by atoms with Crippen LogP contribution in [0.15, 0.2) is 42.5 Å². The molecule has 0 aliphatic rings. The maximum atomic E-state index is 12.3. The van der Waals surface area contributed by atoms with Crippen molar-refractivity contribution in [2.75, 3.05) is 5.75 Å². The standard InChI is InChI=1S/C24H36O3S.Ce/c1-2-3-4-5-6-7-8-9-10-11-12-15-21-28(25,26)27-24-20-16-18-22-17-13-14-19-23(22)24;/h13-14,16-20H,2-12,15,21H2,1H3;. The van der Waals surface area contributed by atoms with Crippen molar-refractivity contribution >= 4 is 20.9 Å². The molecule has 0 saturated carbocycles. The van der Waals surface area contributed by atoms with Gasteiger partial charge in [0.15, 0.2) is 0 Å². The Morgan fingerprint density at radius 3 is 1.83 bits per heavy atom. The number of benzene rings is 2. The smallest absolute Gasteiger partial charge is 0.309 e. The van der Waals surface area contributed by atoms with Gasteiger partial charge in [0.2, 0.25) is 0 Å². The van der Waals surface area contributed by atoms with Gasteiger partial charge in [-0.3, -0.25) is 0 Å². The van der Waals surface area contributed by atoms with Gasteiger partial charge in [-0.2, -0.15) is 8.42 Å². The first-order valence-electron chi connectivity index (χ1n) is 11.0. The van der Waals surface area contributed by atoms with E-state index in [1.807, 2.05) is 36.4 Å². The maximum Gasteiger partial charge on any atom is 0.309 e. The minimum atomic E-state index is -3.54. The second kappa shape index (κ2) is 15.6. The van der Waals surface area contributed by atoms with Crippen LogP contribution in [0.4, 0.5) is 0 Å². The molecule has 160 valence electrons. The Bertz CT molecular complexity index is 784. The SMILES string of the molecule is CCCCCCCCCCCCCCS(=O)(=O)Oc1cccc2ccccc12.[Ce]. The minimum absolute atomic E-state index is 0. The first kappa shape index (κ1) is 26.9. The van der Waals surface area contributed by atoms with Crippen molar-refractivity contribution in [3.63, 3.8) is 0 Å². The van der Waals surface area contributed by atoms with E-state index in [0.717, 1.165) is 23.6 Å². The Kier molecular flexibility index (Phi) is 14.5. The van der Waals surface area contributed by atoms with Crippen molar-refractivity contribution in [2.24, 2.45) is 0 Å². The van der Waals surface area contributed by atoms with E-state index in [0.29, 0.717) is 12.2 Å². The van der Waals surface area contributed by atoms with Crippen LogP contribution >= 0.6 is 0 Å². The molecular weight excluding hydrogens is 508 g/mol. The summed E-state index contributed by atoms with van der Waals surface area (Å²) in [7, 11) is -3.54. The van der Waals surface area contributed by atoms with E-state index in [1.54, 1.807) is 6.07 Å². The molecule has 0 N–H and O–H groups in total. The molecular formula is C24H36CeO3S. The Morgan fingerprint density at radius 2 is 1.21 bits per heavy atom. The molecule has 0 radical (unpaired) electrons. The summed E-state index contributed by atoms with van der Waals surface area (Å²) in [5.74, 6) is 0.519. The second-order valence-electron chi connectivity index (χ2n) is 7.71. The minimum Gasteiger partial charge on any atom is -0.382 e. The molecule has 0 saturated heterocycles. The van der Waals surface area contributed by atoms with Crippen LogP contribution in [0.3, 0.4) is 0 Å². The molecule has 0 amide bonds. The zero-order valence-electron chi connectivity index (χ0n) is 17.9. The monoisotopic (exact) mass is 544 g/mol. The molecule has 2 rings (SSSR count). The molecule has 0 heterocycles. The van der Waals surface area contributed by atoms with Gasteiger partial charge in [0.1, 0.15) is 5.75 Å². The normalized spacial score (nSPS) is 11.3. The molecule has 3 nitrogen and oxygen atoms in total. The van der Waals surface area contributed by atoms with E-state index in [4.69, 9.17) is 4.18 Å². The van der Waals surface area contributed by atoms with Gasteiger partial charge < -0.3 is 4.18 Å². The number of hydrogen-bond acceptors (Lipinski definition) is 3. The van der Waals surface area contributed by atoms with Gasteiger partial charge in [0.25, 0.3) is 0 Å². The second-order valence-corrected chi connectivity index (χ2v) is 9.40. The van der Waals surface area contributed by atoms with E-state index >= 15 is 0 Å². The van der Waals surface area contributed by atoms with Crippen LogP contribution in [-0.4, -0.2) is 14.2 Å². The van der Waals surface area contributed by atoms with Crippen LogP contribution in [-0.2, 0) is 10.1 Å². The van der Waals surface area contributed by atoms with Gasteiger partial charge in [-0.25, -0.2) is 0 Å². The maximum absolute atomic E-state index is 12.3. The summed E-state index contributed by atoms with van der Waals surface area (Å²) < 4.78 is 30.0. The fourth-order valence-electron chi connectivity index (χ4n) is 3.57. The van der Waals surface area contributed by atoms with Gasteiger partial charge in [0.05, 0.1) is 5.75 Å². The van der Waals surface area contributed by atoms with E-state index in [2.05, 4.69) is 6.92 Å². The third kappa shape index (κ3) is 11.1. The van der Waals surface area contributed by atoms with Crippen LogP contribution < -0.4 is 4.18 Å². The van der Waals surface area contributed by atoms with E-state index in [-0.39, 0.29) is 47.5 Å². The zero-order valence-corrected chi connectivity index (χ0v) is 21.8. The third-order valence-electron chi connectivity index (χ3n) is 5.21. The molecule has 0 spiro atoms. The van der Waals surface area contributed by atoms with Crippen molar-refractivity contribution in [1.29, 1.82) is 0 Å². The fourth-order valence-corrected chi connectivity index (χ4v) is 4.63. The summed E-state index contributed by atoms with van der Waals surface area (Å²) in [6.07, 6.45) is 14.7. The molecule has 5 heteroatoms. The third-order valence-corrected chi connectivity index (χ3v) is 6.44. The average molecular weight is 545 g/mol. The van der Waals surface area contributed by atoms with Crippen molar-refractivity contribution in [2.45, 2.75) is 84.0 Å². The molecule has 0 aliphatic carbocycles. The summed E-state index contributed by atoms with van der Waals surface area (Å²) in [6.45, 7) is 2.25. The molecule has 0 bridgehead atoms.